The highest BCUT2D eigenvalue weighted by Gasteiger charge is 2.33. The lowest BCUT2D eigenvalue weighted by Gasteiger charge is -2.26. The first-order chi connectivity index (χ1) is 10.6. The molecule has 0 spiro atoms. The van der Waals surface area contributed by atoms with Gasteiger partial charge in [-0.05, 0) is 31.1 Å². The van der Waals surface area contributed by atoms with Crippen LogP contribution in [-0.2, 0) is 4.79 Å². The molecule has 1 saturated carbocycles. The van der Waals surface area contributed by atoms with Gasteiger partial charge in [0.2, 0.25) is 5.91 Å². The third-order valence-corrected chi connectivity index (χ3v) is 5.30. The molecule has 134 valence electrons. The van der Waals surface area contributed by atoms with Gasteiger partial charge in [0, 0.05) is 26.2 Å². The molecule has 2 rings (SSSR count). The van der Waals surface area contributed by atoms with Crippen LogP contribution in [0.2, 0.25) is 0 Å². The number of aliphatic imine (C=N–C) groups is 1. The molecule has 1 heterocycles. The van der Waals surface area contributed by atoms with Crippen LogP contribution in [0, 0.1) is 5.41 Å². The Morgan fingerprint density at radius 3 is 2.57 bits per heavy atom. The SMILES string of the molecule is CCC1(C)CCN(C(=NC)NCC(=O)NC2CCCCC2)C1.I. The van der Waals surface area contributed by atoms with Gasteiger partial charge in [-0.25, -0.2) is 0 Å². The number of carbonyl (C=O) groups is 1. The van der Waals surface area contributed by atoms with Gasteiger partial charge in [0.15, 0.2) is 5.96 Å². The summed E-state index contributed by atoms with van der Waals surface area (Å²) in [5.41, 5.74) is 0.377. The first-order valence-corrected chi connectivity index (χ1v) is 8.81. The van der Waals surface area contributed by atoms with E-state index in [9.17, 15) is 4.79 Å². The van der Waals surface area contributed by atoms with Crippen molar-refractivity contribution in [3.8, 4) is 0 Å². The van der Waals surface area contributed by atoms with Crippen molar-refractivity contribution in [1.29, 1.82) is 0 Å². The Morgan fingerprint density at radius 1 is 1.30 bits per heavy atom. The molecule has 2 aliphatic rings. The van der Waals surface area contributed by atoms with Crippen molar-refractivity contribution in [3.05, 3.63) is 0 Å². The first-order valence-electron chi connectivity index (χ1n) is 8.81. The summed E-state index contributed by atoms with van der Waals surface area (Å²) in [6.45, 7) is 6.94. The molecular weight excluding hydrogens is 403 g/mol. The predicted octanol–water partition coefficient (Wildman–Crippen LogP) is 2.75. The number of carbonyl (C=O) groups excluding carboxylic acids is 1. The number of halogens is 1. The normalized spacial score (nSPS) is 25.9. The Hall–Kier alpha value is -0.530. The molecule has 0 aromatic heterocycles. The second kappa shape index (κ2) is 9.69. The summed E-state index contributed by atoms with van der Waals surface area (Å²) in [4.78, 5) is 18.7. The van der Waals surface area contributed by atoms with Crippen LogP contribution in [0.5, 0.6) is 0 Å². The highest BCUT2D eigenvalue weighted by atomic mass is 127. The zero-order valence-electron chi connectivity index (χ0n) is 14.9. The fourth-order valence-corrected chi connectivity index (χ4v) is 3.51. The lowest BCUT2D eigenvalue weighted by Crippen LogP contribution is -2.47. The summed E-state index contributed by atoms with van der Waals surface area (Å²) >= 11 is 0. The van der Waals surface area contributed by atoms with E-state index in [2.05, 4.69) is 34.4 Å². The molecule has 0 aromatic rings. The van der Waals surface area contributed by atoms with E-state index < -0.39 is 0 Å². The summed E-state index contributed by atoms with van der Waals surface area (Å²) in [6.07, 6.45) is 8.42. The number of guanidine groups is 1. The van der Waals surface area contributed by atoms with Crippen LogP contribution in [0.4, 0.5) is 0 Å². The molecule has 0 bridgehead atoms. The molecule has 1 unspecified atom stereocenters. The third-order valence-electron chi connectivity index (χ3n) is 5.30. The zero-order chi connectivity index (χ0) is 16.0. The summed E-state index contributed by atoms with van der Waals surface area (Å²) in [6, 6.07) is 0.375. The molecule has 23 heavy (non-hydrogen) atoms. The van der Waals surface area contributed by atoms with E-state index >= 15 is 0 Å². The quantitative estimate of drug-likeness (QED) is 0.405. The maximum absolute atomic E-state index is 12.1. The predicted molar refractivity (Wildman–Crippen MR) is 106 cm³/mol. The summed E-state index contributed by atoms with van der Waals surface area (Å²) in [5.74, 6) is 0.946. The lowest BCUT2D eigenvalue weighted by molar-refractivity contribution is -0.120. The van der Waals surface area contributed by atoms with Gasteiger partial charge >= 0.3 is 0 Å². The van der Waals surface area contributed by atoms with Crippen molar-refractivity contribution in [1.82, 2.24) is 15.5 Å². The van der Waals surface area contributed by atoms with Crippen molar-refractivity contribution in [2.45, 2.75) is 64.8 Å². The number of amides is 1. The van der Waals surface area contributed by atoms with Crippen molar-refractivity contribution in [3.63, 3.8) is 0 Å². The van der Waals surface area contributed by atoms with E-state index in [-0.39, 0.29) is 29.9 Å². The van der Waals surface area contributed by atoms with Gasteiger partial charge in [0.05, 0.1) is 6.54 Å². The number of hydrogen-bond acceptors (Lipinski definition) is 2. The van der Waals surface area contributed by atoms with E-state index in [0.717, 1.165) is 31.9 Å². The lowest BCUT2D eigenvalue weighted by atomic mass is 9.87. The van der Waals surface area contributed by atoms with Crippen LogP contribution in [0.1, 0.15) is 58.8 Å². The molecule has 6 heteroatoms. The Bertz CT molecular complexity index is 409. The second-order valence-corrected chi connectivity index (χ2v) is 7.14. The number of nitrogens with zero attached hydrogens (tertiary/aromatic N) is 2. The molecule has 1 aliphatic heterocycles. The number of hydrogen-bond donors (Lipinski definition) is 2. The molecular formula is C17H33IN4O. The minimum atomic E-state index is 0. The molecule has 1 amide bonds. The van der Waals surface area contributed by atoms with E-state index in [4.69, 9.17) is 0 Å². The van der Waals surface area contributed by atoms with Crippen molar-refractivity contribution >= 4 is 35.8 Å². The standard InChI is InChI=1S/C17H32N4O.HI/c1-4-17(2)10-11-21(13-17)16(18-3)19-12-15(22)20-14-8-6-5-7-9-14;/h14H,4-13H2,1-3H3,(H,18,19)(H,20,22);1H. The summed E-state index contributed by atoms with van der Waals surface area (Å²) in [5, 5.41) is 6.37. The van der Waals surface area contributed by atoms with Crippen molar-refractivity contribution in [2.75, 3.05) is 26.7 Å². The monoisotopic (exact) mass is 436 g/mol. The van der Waals surface area contributed by atoms with Gasteiger partial charge in [-0.3, -0.25) is 9.79 Å². The number of nitrogens with one attached hydrogen (secondary N) is 2. The Morgan fingerprint density at radius 2 is 2.00 bits per heavy atom. The van der Waals surface area contributed by atoms with E-state index in [1.165, 1.54) is 32.1 Å². The van der Waals surface area contributed by atoms with Crippen LogP contribution >= 0.6 is 24.0 Å². The Kier molecular flexibility index (Phi) is 8.64. The van der Waals surface area contributed by atoms with E-state index in [1.54, 1.807) is 7.05 Å². The average Bonchev–Trinajstić information content (AvgIpc) is 2.92. The highest BCUT2D eigenvalue weighted by Crippen LogP contribution is 2.32. The highest BCUT2D eigenvalue weighted by molar-refractivity contribution is 14.0. The Balaban J connectivity index is 0.00000264. The largest absolute Gasteiger partial charge is 0.352 e. The van der Waals surface area contributed by atoms with Gasteiger partial charge in [0.1, 0.15) is 0 Å². The van der Waals surface area contributed by atoms with Gasteiger partial charge < -0.3 is 15.5 Å². The fraction of sp³-hybridized carbons (Fsp3) is 0.882. The maximum Gasteiger partial charge on any atom is 0.239 e. The number of likely N-dealkylation sites (tertiary alicyclic amines) is 1. The molecule has 1 atom stereocenters. The van der Waals surface area contributed by atoms with E-state index in [1.807, 2.05) is 0 Å². The minimum absolute atomic E-state index is 0. The molecule has 0 radical (unpaired) electrons. The average molecular weight is 436 g/mol. The molecule has 0 aromatic carbocycles. The summed E-state index contributed by atoms with van der Waals surface area (Å²) in [7, 11) is 1.79. The third kappa shape index (κ3) is 6.12. The maximum atomic E-state index is 12.1. The van der Waals surface area contributed by atoms with Gasteiger partial charge in [0.25, 0.3) is 0 Å². The smallest absolute Gasteiger partial charge is 0.239 e. The van der Waals surface area contributed by atoms with Crippen LogP contribution in [0.25, 0.3) is 0 Å². The van der Waals surface area contributed by atoms with Gasteiger partial charge in [-0.2, -0.15) is 0 Å². The zero-order valence-corrected chi connectivity index (χ0v) is 17.2. The Labute approximate surface area is 158 Å². The summed E-state index contributed by atoms with van der Waals surface area (Å²) < 4.78 is 0. The molecule has 2 fully saturated rings. The number of rotatable bonds is 4. The topological polar surface area (TPSA) is 56.7 Å². The van der Waals surface area contributed by atoms with Gasteiger partial charge in [-0.15, -0.1) is 24.0 Å². The van der Waals surface area contributed by atoms with Gasteiger partial charge in [-0.1, -0.05) is 33.1 Å². The molecule has 2 N–H and O–H groups in total. The first kappa shape index (κ1) is 20.5. The van der Waals surface area contributed by atoms with Crippen molar-refractivity contribution in [2.24, 2.45) is 10.4 Å². The van der Waals surface area contributed by atoms with Crippen LogP contribution < -0.4 is 10.6 Å². The molecule has 1 saturated heterocycles. The van der Waals surface area contributed by atoms with Crippen LogP contribution in [-0.4, -0.2) is 49.5 Å². The van der Waals surface area contributed by atoms with Crippen LogP contribution in [0.15, 0.2) is 4.99 Å². The van der Waals surface area contributed by atoms with E-state index in [0.29, 0.717) is 18.0 Å². The molecule has 5 nitrogen and oxygen atoms in total. The molecule has 1 aliphatic carbocycles. The van der Waals surface area contributed by atoms with Crippen LogP contribution in [0.3, 0.4) is 0 Å². The van der Waals surface area contributed by atoms with Crippen molar-refractivity contribution < 1.29 is 4.79 Å². The minimum Gasteiger partial charge on any atom is -0.352 e. The fourth-order valence-electron chi connectivity index (χ4n) is 3.51. The second-order valence-electron chi connectivity index (χ2n) is 7.14.